The van der Waals surface area contributed by atoms with E-state index in [2.05, 4.69) is 23.8 Å². The quantitative estimate of drug-likeness (QED) is 0.778. The van der Waals surface area contributed by atoms with Crippen LogP contribution in [-0.4, -0.2) is 15.2 Å². The molecule has 4 nitrogen and oxygen atoms in total. The average molecular weight is 213 g/mol. The lowest BCUT2D eigenvalue weighted by atomic mass is 10.4. The van der Waals surface area contributed by atoms with Gasteiger partial charge in [-0.25, -0.2) is 4.98 Å². The van der Waals surface area contributed by atoms with Crippen molar-refractivity contribution in [3.05, 3.63) is 27.9 Å². The maximum absolute atomic E-state index is 11.2. The highest BCUT2D eigenvalue weighted by Gasteiger charge is 2.01. The number of hydrogen-bond acceptors (Lipinski definition) is 4. The van der Waals surface area contributed by atoms with E-state index in [1.54, 1.807) is 11.8 Å². The first kappa shape index (κ1) is 11.3. The topological polar surface area (TPSA) is 71.8 Å². The molecule has 0 atom stereocenters. The summed E-state index contributed by atoms with van der Waals surface area (Å²) < 4.78 is 0. The maximum atomic E-state index is 11.2. The van der Waals surface area contributed by atoms with Gasteiger partial charge in [-0.05, 0) is 5.25 Å². The minimum Gasteiger partial charge on any atom is -0.325 e. The SMILES string of the molecule is CC(C)SCc1nc(CN)cc(=O)[nH]1. The second-order valence-corrected chi connectivity index (χ2v) is 4.81. The first-order valence-corrected chi connectivity index (χ1v) is 5.57. The van der Waals surface area contributed by atoms with Crippen molar-refractivity contribution in [2.45, 2.75) is 31.4 Å². The molecule has 0 saturated heterocycles. The Labute approximate surface area is 87.3 Å². The van der Waals surface area contributed by atoms with Crippen LogP contribution in [0.3, 0.4) is 0 Å². The maximum Gasteiger partial charge on any atom is 0.251 e. The first-order chi connectivity index (χ1) is 6.61. The molecule has 0 spiro atoms. The Bertz CT molecular complexity index is 348. The highest BCUT2D eigenvalue weighted by atomic mass is 32.2. The van der Waals surface area contributed by atoms with E-state index >= 15 is 0 Å². The van der Waals surface area contributed by atoms with E-state index in [0.717, 1.165) is 5.75 Å². The summed E-state index contributed by atoms with van der Waals surface area (Å²) in [6.45, 7) is 4.52. The summed E-state index contributed by atoms with van der Waals surface area (Å²) in [4.78, 5) is 18.1. The van der Waals surface area contributed by atoms with E-state index in [1.165, 1.54) is 6.07 Å². The van der Waals surface area contributed by atoms with Crippen LogP contribution >= 0.6 is 11.8 Å². The number of nitrogens with two attached hydrogens (primary N) is 1. The molecular weight excluding hydrogens is 198 g/mol. The molecule has 0 unspecified atom stereocenters. The van der Waals surface area contributed by atoms with Gasteiger partial charge in [-0.1, -0.05) is 13.8 Å². The first-order valence-electron chi connectivity index (χ1n) is 4.52. The Kier molecular flexibility index (Phi) is 4.16. The molecule has 0 radical (unpaired) electrons. The fourth-order valence-electron chi connectivity index (χ4n) is 0.982. The van der Waals surface area contributed by atoms with Crippen LogP contribution in [0.15, 0.2) is 10.9 Å². The van der Waals surface area contributed by atoms with E-state index in [4.69, 9.17) is 5.73 Å². The molecule has 1 aromatic rings. The summed E-state index contributed by atoms with van der Waals surface area (Å²) in [5, 5.41) is 0.529. The minimum atomic E-state index is -0.125. The van der Waals surface area contributed by atoms with E-state index in [1.807, 2.05) is 0 Å². The molecule has 14 heavy (non-hydrogen) atoms. The van der Waals surface area contributed by atoms with Crippen molar-refractivity contribution >= 4 is 11.8 Å². The van der Waals surface area contributed by atoms with E-state index in [-0.39, 0.29) is 5.56 Å². The predicted molar refractivity (Wildman–Crippen MR) is 59.2 cm³/mol. The fraction of sp³-hybridized carbons (Fsp3) is 0.556. The van der Waals surface area contributed by atoms with Gasteiger partial charge in [0.15, 0.2) is 0 Å². The van der Waals surface area contributed by atoms with Gasteiger partial charge >= 0.3 is 0 Å². The molecule has 0 fully saturated rings. The van der Waals surface area contributed by atoms with Crippen LogP contribution in [-0.2, 0) is 12.3 Å². The molecule has 0 aromatic carbocycles. The zero-order chi connectivity index (χ0) is 10.6. The minimum absolute atomic E-state index is 0.125. The predicted octanol–water partition coefficient (Wildman–Crippen LogP) is 0.870. The van der Waals surface area contributed by atoms with Crippen molar-refractivity contribution in [1.29, 1.82) is 0 Å². The lowest BCUT2D eigenvalue weighted by Crippen LogP contribution is -2.14. The summed E-state index contributed by atoms with van der Waals surface area (Å²) in [7, 11) is 0. The highest BCUT2D eigenvalue weighted by Crippen LogP contribution is 2.13. The van der Waals surface area contributed by atoms with Crippen LogP contribution in [0.1, 0.15) is 25.4 Å². The number of rotatable bonds is 4. The molecule has 1 aromatic heterocycles. The molecule has 5 heteroatoms. The summed E-state index contributed by atoms with van der Waals surface area (Å²) in [6, 6.07) is 1.43. The van der Waals surface area contributed by atoms with E-state index in [9.17, 15) is 4.79 Å². The molecule has 0 bridgehead atoms. The van der Waals surface area contributed by atoms with E-state index < -0.39 is 0 Å². The Morgan fingerprint density at radius 2 is 2.36 bits per heavy atom. The number of hydrogen-bond donors (Lipinski definition) is 2. The van der Waals surface area contributed by atoms with Crippen molar-refractivity contribution in [3.8, 4) is 0 Å². The second kappa shape index (κ2) is 5.17. The number of thioether (sulfide) groups is 1. The number of nitrogens with one attached hydrogen (secondary N) is 1. The van der Waals surface area contributed by atoms with Gasteiger partial charge in [0.05, 0.1) is 11.4 Å². The molecule has 0 aliphatic carbocycles. The van der Waals surface area contributed by atoms with Gasteiger partial charge in [0.1, 0.15) is 5.82 Å². The van der Waals surface area contributed by atoms with Crippen LogP contribution in [0, 0.1) is 0 Å². The molecule has 1 rings (SSSR count). The number of aromatic amines is 1. The largest absolute Gasteiger partial charge is 0.325 e. The third-order valence-corrected chi connectivity index (χ3v) is 2.71. The second-order valence-electron chi connectivity index (χ2n) is 3.25. The van der Waals surface area contributed by atoms with E-state index in [0.29, 0.717) is 23.3 Å². The highest BCUT2D eigenvalue weighted by molar-refractivity contribution is 7.99. The number of aromatic nitrogens is 2. The van der Waals surface area contributed by atoms with Crippen LogP contribution in [0.25, 0.3) is 0 Å². The van der Waals surface area contributed by atoms with Gasteiger partial charge in [0.2, 0.25) is 0 Å². The van der Waals surface area contributed by atoms with Gasteiger partial charge in [-0.3, -0.25) is 4.79 Å². The van der Waals surface area contributed by atoms with Crippen LogP contribution in [0.5, 0.6) is 0 Å². The molecule has 3 N–H and O–H groups in total. The average Bonchev–Trinajstić information content (AvgIpc) is 2.14. The molecule has 0 amide bonds. The molecule has 0 aliphatic rings. The summed E-state index contributed by atoms with van der Waals surface area (Å²) in [6.07, 6.45) is 0. The number of nitrogens with zero attached hydrogens (tertiary/aromatic N) is 1. The molecule has 1 heterocycles. The lowest BCUT2D eigenvalue weighted by Gasteiger charge is -2.04. The molecule has 78 valence electrons. The smallest absolute Gasteiger partial charge is 0.251 e. The van der Waals surface area contributed by atoms with Crippen molar-refractivity contribution in [2.75, 3.05) is 0 Å². The zero-order valence-electron chi connectivity index (χ0n) is 8.41. The summed E-state index contributed by atoms with van der Waals surface area (Å²) >= 11 is 1.74. The molecular formula is C9H15N3OS. The van der Waals surface area contributed by atoms with Crippen molar-refractivity contribution in [1.82, 2.24) is 9.97 Å². The van der Waals surface area contributed by atoms with Crippen LogP contribution in [0.2, 0.25) is 0 Å². The molecule has 0 aliphatic heterocycles. The van der Waals surface area contributed by atoms with Gasteiger partial charge < -0.3 is 10.7 Å². The zero-order valence-corrected chi connectivity index (χ0v) is 9.23. The third-order valence-electron chi connectivity index (χ3n) is 1.61. The summed E-state index contributed by atoms with van der Waals surface area (Å²) in [5.41, 5.74) is 5.94. The van der Waals surface area contributed by atoms with Gasteiger partial charge in [0, 0.05) is 12.6 Å². The Morgan fingerprint density at radius 3 is 2.93 bits per heavy atom. The Balaban J connectivity index is 2.76. The van der Waals surface area contributed by atoms with Crippen LogP contribution < -0.4 is 11.3 Å². The van der Waals surface area contributed by atoms with Crippen molar-refractivity contribution < 1.29 is 0 Å². The monoisotopic (exact) mass is 213 g/mol. The van der Waals surface area contributed by atoms with Crippen LogP contribution in [0.4, 0.5) is 0 Å². The molecule has 0 saturated carbocycles. The Morgan fingerprint density at radius 1 is 1.64 bits per heavy atom. The Hall–Kier alpha value is -0.810. The number of H-pyrrole nitrogens is 1. The fourth-order valence-corrected chi connectivity index (χ4v) is 1.61. The van der Waals surface area contributed by atoms with Gasteiger partial charge in [-0.2, -0.15) is 11.8 Å². The normalized spacial score (nSPS) is 10.9. The van der Waals surface area contributed by atoms with Gasteiger partial charge in [-0.15, -0.1) is 0 Å². The third kappa shape index (κ3) is 3.51. The van der Waals surface area contributed by atoms with Gasteiger partial charge in [0.25, 0.3) is 5.56 Å². The van der Waals surface area contributed by atoms with Crippen molar-refractivity contribution in [2.24, 2.45) is 5.73 Å². The standard InChI is InChI=1S/C9H15N3OS/c1-6(2)14-5-8-11-7(4-10)3-9(13)12-8/h3,6H,4-5,10H2,1-2H3,(H,11,12,13). The van der Waals surface area contributed by atoms with Crippen molar-refractivity contribution in [3.63, 3.8) is 0 Å². The summed E-state index contributed by atoms with van der Waals surface area (Å²) in [5.74, 6) is 1.43. The lowest BCUT2D eigenvalue weighted by molar-refractivity contribution is 0.900.